The van der Waals surface area contributed by atoms with Crippen molar-refractivity contribution in [2.75, 3.05) is 6.54 Å². The van der Waals surface area contributed by atoms with Crippen LogP contribution in [-0.2, 0) is 0 Å². The van der Waals surface area contributed by atoms with Gasteiger partial charge in [0.15, 0.2) is 5.17 Å². The third-order valence-electron chi connectivity index (χ3n) is 1.53. The minimum Gasteiger partial charge on any atom is -0.237 e. The van der Waals surface area contributed by atoms with Gasteiger partial charge in [0, 0.05) is 6.20 Å². The SMILES string of the molecule is CCC1=NN2CC=CN=C2S1. The summed E-state index contributed by atoms with van der Waals surface area (Å²) in [6, 6.07) is 0. The fourth-order valence-electron chi connectivity index (χ4n) is 0.974. The maximum absolute atomic E-state index is 4.36. The predicted molar refractivity (Wildman–Crippen MR) is 48.6 cm³/mol. The van der Waals surface area contributed by atoms with Gasteiger partial charge in [0.25, 0.3) is 0 Å². The lowest BCUT2D eigenvalue weighted by Crippen LogP contribution is -2.20. The summed E-state index contributed by atoms with van der Waals surface area (Å²) in [7, 11) is 0. The summed E-state index contributed by atoms with van der Waals surface area (Å²) in [6.07, 6.45) is 4.85. The molecule has 2 rings (SSSR count). The zero-order valence-electron chi connectivity index (χ0n) is 6.32. The summed E-state index contributed by atoms with van der Waals surface area (Å²) in [5.41, 5.74) is 0. The van der Waals surface area contributed by atoms with E-state index in [1.165, 1.54) is 0 Å². The van der Waals surface area contributed by atoms with Gasteiger partial charge < -0.3 is 0 Å². The van der Waals surface area contributed by atoms with Crippen molar-refractivity contribution in [3.63, 3.8) is 0 Å². The highest BCUT2D eigenvalue weighted by Crippen LogP contribution is 2.23. The number of rotatable bonds is 1. The van der Waals surface area contributed by atoms with Gasteiger partial charge in [0.1, 0.15) is 5.04 Å². The first-order valence-corrected chi connectivity index (χ1v) is 4.47. The van der Waals surface area contributed by atoms with E-state index in [9.17, 15) is 0 Å². The Morgan fingerprint density at radius 1 is 1.73 bits per heavy atom. The van der Waals surface area contributed by atoms with Crippen LogP contribution in [-0.4, -0.2) is 21.8 Å². The maximum Gasteiger partial charge on any atom is 0.190 e. The Hall–Kier alpha value is -0.770. The second-order valence-corrected chi connectivity index (χ2v) is 3.37. The third kappa shape index (κ3) is 1.18. The minimum absolute atomic E-state index is 0.870. The molecule has 58 valence electrons. The molecule has 0 saturated carbocycles. The van der Waals surface area contributed by atoms with Crippen LogP contribution in [0.2, 0.25) is 0 Å². The van der Waals surface area contributed by atoms with Gasteiger partial charge in [-0.3, -0.25) is 0 Å². The zero-order chi connectivity index (χ0) is 7.68. The zero-order valence-corrected chi connectivity index (χ0v) is 7.14. The molecule has 11 heavy (non-hydrogen) atoms. The molecule has 0 unspecified atom stereocenters. The molecular weight excluding hydrogens is 158 g/mol. The van der Waals surface area contributed by atoms with Crippen molar-refractivity contribution in [3.8, 4) is 0 Å². The van der Waals surface area contributed by atoms with E-state index >= 15 is 0 Å². The molecule has 0 radical (unpaired) electrons. The monoisotopic (exact) mass is 167 g/mol. The fourth-order valence-corrected chi connectivity index (χ4v) is 1.80. The van der Waals surface area contributed by atoms with E-state index in [0.717, 1.165) is 23.2 Å². The molecule has 0 amide bonds. The molecule has 0 saturated heterocycles. The topological polar surface area (TPSA) is 28.0 Å². The standard InChI is InChI=1S/C7H9N3S/c1-2-6-9-10-5-3-4-8-7(10)11-6/h3-4H,2,5H2,1H3. The van der Waals surface area contributed by atoms with Gasteiger partial charge in [-0.15, -0.1) is 0 Å². The number of thioether (sulfide) groups is 1. The van der Waals surface area contributed by atoms with Crippen LogP contribution in [0.1, 0.15) is 13.3 Å². The molecule has 2 aliphatic heterocycles. The Morgan fingerprint density at radius 3 is 3.36 bits per heavy atom. The summed E-state index contributed by atoms with van der Waals surface area (Å²) < 4.78 is 0. The largest absolute Gasteiger partial charge is 0.237 e. The van der Waals surface area contributed by atoms with E-state index in [0.29, 0.717) is 0 Å². The second kappa shape index (κ2) is 2.70. The van der Waals surface area contributed by atoms with Crippen molar-refractivity contribution in [2.24, 2.45) is 10.1 Å². The van der Waals surface area contributed by atoms with E-state index in [1.54, 1.807) is 11.8 Å². The number of aliphatic imine (C=N–C) groups is 1. The highest BCUT2D eigenvalue weighted by atomic mass is 32.2. The molecule has 2 heterocycles. The molecule has 4 heteroatoms. The Balaban J connectivity index is 2.19. The number of hydrazone groups is 1. The number of nitrogens with zero attached hydrogens (tertiary/aromatic N) is 3. The first kappa shape index (κ1) is 6.91. The lowest BCUT2D eigenvalue weighted by atomic mass is 10.5. The molecule has 0 aliphatic carbocycles. The third-order valence-corrected chi connectivity index (χ3v) is 2.64. The van der Waals surface area contributed by atoms with Gasteiger partial charge in [-0.2, -0.15) is 5.10 Å². The molecule has 0 aromatic carbocycles. The van der Waals surface area contributed by atoms with Gasteiger partial charge in [-0.25, -0.2) is 10.0 Å². The Kier molecular flexibility index (Phi) is 1.69. The number of hydrogen-bond acceptors (Lipinski definition) is 4. The first-order chi connectivity index (χ1) is 5.40. The van der Waals surface area contributed by atoms with Gasteiger partial charge in [0.05, 0.1) is 6.54 Å². The molecule has 0 fully saturated rings. The summed E-state index contributed by atoms with van der Waals surface area (Å²) in [4.78, 5) is 4.20. The van der Waals surface area contributed by atoms with Gasteiger partial charge >= 0.3 is 0 Å². The molecular formula is C7H9N3S. The molecule has 0 aromatic heterocycles. The van der Waals surface area contributed by atoms with Crippen molar-refractivity contribution in [1.29, 1.82) is 0 Å². The van der Waals surface area contributed by atoms with Crippen LogP contribution >= 0.6 is 11.8 Å². The summed E-state index contributed by atoms with van der Waals surface area (Å²) >= 11 is 1.67. The van der Waals surface area contributed by atoms with E-state index in [2.05, 4.69) is 17.0 Å². The molecule has 2 aliphatic rings. The molecule has 0 spiro atoms. The number of fused-ring (bicyclic) bond motifs is 1. The molecule has 0 atom stereocenters. The van der Waals surface area contributed by atoms with E-state index in [-0.39, 0.29) is 0 Å². The van der Waals surface area contributed by atoms with E-state index in [4.69, 9.17) is 0 Å². The smallest absolute Gasteiger partial charge is 0.190 e. The van der Waals surface area contributed by atoms with Crippen LogP contribution in [0.3, 0.4) is 0 Å². The van der Waals surface area contributed by atoms with Crippen LogP contribution in [0, 0.1) is 0 Å². The van der Waals surface area contributed by atoms with Crippen molar-refractivity contribution < 1.29 is 0 Å². The van der Waals surface area contributed by atoms with Crippen LogP contribution < -0.4 is 0 Å². The highest BCUT2D eigenvalue weighted by Gasteiger charge is 2.21. The minimum atomic E-state index is 0.870. The van der Waals surface area contributed by atoms with Gasteiger partial charge in [-0.1, -0.05) is 6.92 Å². The summed E-state index contributed by atoms with van der Waals surface area (Å²) in [5, 5.41) is 8.47. The predicted octanol–water partition coefficient (Wildman–Crippen LogP) is 1.64. The number of hydrogen-bond donors (Lipinski definition) is 0. The highest BCUT2D eigenvalue weighted by molar-refractivity contribution is 8.26. The molecule has 3 nitrogen and oxygen atoms in total. The second-order valence-electron chi connectivity index (χ2n) is 2.33. The molecule has 0 aromatic rings. The Morgan fingerprint density at radius 2 is 2.64 bits per heavy atom. The summed E-state index contributed by atoms with van der Waals surface area (Å²) in [5.74, 6) is 0. The van der Waals surface area contributed by atoms with Crippen LogP contribution in [0.15, 0.2) is 22.4 Å². The quantitative estimate of drug-likeness (QED) is 0.594. The summed E-state index contributed by atoms with van der Waals surface area (Å²) in [6.45, 7) is 2.98. The lowest BCUT2D eigenvalue weighted by molar-refractivity contribution is 0.503. The Labute approximate surface area is 69.9 Å². The average Bonchev–Trinajstić information content (AvgIpc) is 2.46. The van der Waals surface area contributed by atoms with Crippen LogP contribution in [0.5, 0.6) is 0 Å². The lowest BCUT2D eigenvalue weighted by Gasteiger charge is -2.12. The van der Waals surface area contributed by atoms with Crippen molar-refractivity contribution >= 4 is 22.0 Å². The van der Waals surface area contributed by atoms with Gasteiger partial charge in [0.2, 0.25) is 0 Å². The van der Waals surface area contributed by atoms with E-state index < -0.39 is 0 Å². The maximum atomic E-state index is 4.36. The normalized spacial score (nSPS) is 21.4. The van der Waals surface area contributed by atoms with E-state index in [1.807, 2.05) is 17.3 Å². The Bertz CT molecular complexity index is 254. The molecule has 0 N–H and O–H groups in total. The van der Waals surface area contributed by atoms with Crippen molar-refractivity contribution in [3.05, 3.63) is 12.3 Å². The first-order valence-electron chi connectivity index (χ1n) is 3.66. The van der Waals surface area contributed by atoms with Crippen LogP contribution in [0.4, 0.5) is 0 Å². The van der Waals surface area contributed by atoms with Crippen molar-refractivity contribution in [2.45, 2.75) is 13.3 Å². The number of amidine groups is 1. The van der Waals surface area contributed by atoms with Gasteiger partial charge in [-0.05, 0) is 24.3 Å². The van der Waals surface area contributed by atoms with Crippen LogP contribution in [0.25, 0.3) is 0 Å². The average molecular weight is 167 g/mol. The molecule has 0 bridgehead atoms. The van der Waals surface area contributed by atoms with Crippen molar-refractivity contribution in [1.82, 2.24) is 5.01 Å². The fraction of sp³-hybridized carbons (Fsp3) is 0.429.